The predicted octanol–water partition coefficient (Wildman–Crippen LogP) is -1.30. The summed E-state index contributed by atoms with van der Waals surface area (Å²) in [5.41, 5.74) is -2.75. The summed E-state index contributed by atoms with van der Waals surface area (Å²) < 4.78 is 28.1. The molecule has 21 heavy (non-hydrogen) atoms. The molecule has 2 aliphatic heterocycles. The molecular weight excluding hydrogens is 307 g/mol. The number of hydrogen-bond donors (Lipinski definition) is 3. The highest BCUT2D eigenvalue weighted by Gasteiger charge is 2.65. The second kappa shape index (κ2) is 4.60. The van der Waals surface area contributed by atoms with E-state index in [4.69, 9.17) is 13.8 Å². The first kappa shape index (κ1) is 14.6. The molecule has 1 aromatic heterocycles. The molecule has 1 aromatic rings. The number of aliphatic hydroxyl groups excluding tert-OH is 1. The van der Waals surface area contributed by atoms with E-state index in [2.05, 4.69) is 0 Å². The molecule has 3 N–H and O–H groups in total. The summed E-state index contributed by atoms with van der Waals surface area (Å²) in [7, 11) is -4.30. The van der Waals surface area contributed by atoms with E-state index in [0.29, 0.717) is 0 Å². The lowest BCUT2D eigenvalue weighted by Crippen LogP contribution is -2.44. The first-order valence-corrected chi connectivity index (χ1v) is 7.56. The van der Waals surface area contributed by atoms with Crippen LogP contribution in [0.2, 0.25) is 0 Å². The van der Waals surface area contributed by atoms with Crippen LogP contribution in [0.5, 0.6) is 0 Å². The fourth-order valence-corrected chi connectivity index (χ4v) is 3.95. The molecule has 2 saturated heterocycles. The van der Waals surface area contributed by atoms with Gasteiger partial charge in [-0.1, -0.05) is 0 Å². The predicted molar refractivity (Wildman–Crippen MR) is 66.5 cm³/mol. The van der Waals surface area contributed by atoms with Gasteiger partial charge in [0.2, 0.25) is 0 Å². The normalized spacial score (nSPS) is 42.1. The van der Waals surface area contributed by atoms with Crippen LogP contribution in [0.4, 0.5) is 0 Å². The highest BCUT2D eigenvalue weighted by atomic mass is 31.2. The van der Waals surface area contributed by atoms with E-state index in [-0.39, 0.29) is 0 Å². The quantitative estimate of drug-likeness (QED) is 0.571. The van der Waals surface area contributed by atoms with E-state index in [9.17, 15) is 24.2 Å². The Balaban J connectivity index is 2.07. The summed E-state index contributed by atoms with van der Waals surface area (Å²) in [6, 6.07) is 1.10. The van der Waals surface area contributed by atoms with Gasteiger partial charge in [0.1, 0.15) is 17.8 Å². The van der Waals surface area contributed by atoms with Crippen molar-refractivity contribution in [3.8, 4) is 0 Å². The van der Waals surface area contributed by atoms with Crippen LogP contribution in [0.1, 0.15) is 13.2 Å². The number of H-pyrrole nitrogens is 1. The number of aromatic amines is 1. The van der Waals surface area contributed by atoms with Crippen molar-refractivity contribution in [3.05, 3.63) is 33.1 Å². The van der Waals surface area contributed by atoms with Crippen LogP contribution in [0.15, 0.2) is 21.9 Å². The Morgan fingerprint density at radius 2 is 2.24 bits per heavy atom. The molecule has 11 heteroatoms. The molecule has 3 heterocycles. The number of rotatable bonds is 2. The highest BCUT2D eigenvalue weighted by Crippen LogP contribution is 2.63. The molecule has 0 radical (unpaired) electrons. The summed E-state index contributed by atoms with van der Waals surface area (Å²) in [5.74, 6) is 0. The molecule has 0 aromatic carbocycles. The molecule has 0 bridgehead atoms. The number of nitrogens with zero attached hydrogens (tertiary/aromatic N) is 1. The number of phosphoric acid groups is 1. The van der Waals surface area contributed by atoms with Gasteiger partial charge >= 0.3 is 13.5 Å². The second-order valence-electron chi connectivity index (χ2n) is 4.98. The average Bonchev–Trinajstić information content (AvgIpc) is 2.76. The number of ether oxygens (including phenoxy) is 1. The Kier molecular flexibility index (Phi) is 3.21. The van der Waals surface area contributed by atoms with Crippen LogP contribution < -0.4 is 11.2 Å². The Bertz CT molecular complexity index is 728. The van der Waals surface area contributed by atoms with Gasteiger partial charge in [-0.15, -0.1) is 0 Å². The lowest BCUT2D eigenvalue weighted by Gasteiger charge is -2.23. The van der Waals surface area contributed by atoms with Crippen molar-refractivity contribution in [2.75, 3.05) is 6.61 Å². The smallest absolute Gasteiger partial charge is 0.394 e. The molecule has 2 fully saturated rings. The maximum absolute atomic E-state index is 11.8. The van der Waals surface area contributed by atoms with Crippen LogP contribution in [0, 0.1) is 0 Å². The molecule has 10 nitrogen and oxygen atoms in total. The minimum absolute atomic E-state index is 0.495. The van der Waals surface area contributed by atoms with Crippen molar-refractivity contribution in [3.63, 3.8) is 0 Å². The van der Waals surface area contributed by atoms with Crippen molar-refractivity contribution in [2.45, 2.75) is 31.0 Å². The lowest BCUT2D eigenvalue weighted by molar-refractivity contribution is -0.0746. The van der Waals surface area contributed by atoms with E-state index >= 15 is 0 Å². The molecule has 116 valence electrons. The van der Waals surface area contributed by atoms with Gasteiger partial charge in [-0.3, -0.25) is 23.4 Å². The van der Waals surface area contributed by atoms with Gasteiger partial charge in [0.25, 0.3) is 5.56 Å². The second-order valence-corrected chi connectivity index (χ2v) is 6.32. The van der Waals surface area contributed by atoms with Gasteiger partial charge in [0.05, 0.1) is 6.61 Å². The fourth-order valence-electron chi connectivity index (χ4n) is 2.59. The standard InChI is InChI=1S/C10H13N2O8P/c1-10-5(4-13)18-8(7(10)19-21(16,17)20-10)12-3-2-6(14)11-9(12)15/h2-3,5,7-8,13H,4H2,1H3,(H,16,17)(H,11,14,15)/t5-,7+,8-,10-/m1/s1. The van der Waals surface area contributed by atoms with Crippen molar-refractivity contribution in [1.82, 2.24) is 9.55 Å². The number of hydrogen-bond acceptors (Lipinski definition) is 7. The van der Waals surface area contributed by atoms with E-state index in [1.165, 1.54) is 13.1 Å². The van der Waals surface area contributed by atoms with E-state index < -0.39 is 49.7 Å². The third-order valence-electron chi connectivity index (χ3n) is 3.62. The highest BCUT2D eigenvalue weighted by molar-refractivity contribution is 7.47. The van der Waals surface area contributed by atoms with Crippen LogP contribution in [0.25, 0.3) is 0 Å². The van der Waals surface area contributed by atoms with Gasteiger partial charge in [0.15, 0.2) is 6.23 Å². The van der Waals surface area contributed by atoms with Crippen molar-refractivity contribution < 1.29 is 28.3 Å². The minimum atomic E-state index is -4.30. The maximum atomic E-state index is 11.8. The topological polar surface area (TPSA) is 140 Å². The molecule has 0 saturated carbocycles. The van der Waals surface area contributed by atoms with Gasteiger partial charge < -0.3 is 14.7 Å². The first-order valence-electron chi connectivity index (χ1n) is 6.06. The van der Waals surface area contributed by atoms with Crippen molar-refractivity contribution in [2.24, 2.45) is 0 Å². The monoisotopic (exact) mass is 320 g/mol. The minimum Gasteiger partial charge on any atom is -0.394 e. The Hall–Kier alpha value is -1.29. The summed E-state index contributed by atoms with van der Waals surface area (Å²) in [6.07, 6.45) is -1.99. The summed E-state index contributed by atoms with van der Waals surface area (Å²) in [4.78, 5) is 34.4. The van der Waals surface area contributed by atoms with Gasteiger partial charge in [-0.05, 0) is 6.92 Å². The molecule has 5 atom stereocenters. The molecule has 2 aliphatic rings. The molecular formula is C10H13N2O8P. The van der Waals surface area contributed by atoms with Gasteiger partial charge in [0, 0.05) is 12.3 Å². The third-order valence-corrected chi connectivity index (χ3v) is 4.73. The zero-order chi connectivity index (χ0) is 15.4. The van der Waals surface area contributed by atoms with Gasteiger partial charge in [-0.2, -0.15) is 0 Å². The summed E-state index contributed by atoms with van der Waals surface area (Å²) >= 11 is 0. The molecule has 3 rings (SSSR count). The Morgan fingerprint density at radius 1 is 1.52 bits per heavy atom. The Labute approximate surface area is 117 Å². The van der Waals surface area contributed by atoms with Crippen LogP contribution >= 0.6 is 7.82 Å². The number of phosphoric ester groups is 1. The van der Waals surface area contributed by atoms with E-state index in [1.807, 2.05) is 4.98 Å². The lowest BCUT2D eigenvalue weighted by atomic mass is 9.95. The molecule has 0 amide bonds. The van der Waals surface area contributed by atoms with E-state index in [0.717, 1.165) is 10.6 Å². The molecule has 0 spiro atoms. The third kappa shape index (κ3) is 2.20. The average molecular weight is 320 g/mol. The first-order chi connectivity index (χ1) is 9.77. The number of aliphatic hydroxyl groups is 1. The van der Waals surface area contributed by atoms with Crippen LogP contribution in [-0.4, -0.2) is 44.0 Å². The summed E-state index contributed by atoms with van der Waals surface area (Å²) in [6.45, 7) is 0.954. The van der Waals surface area contributed by atoms with E-state index in [1.54, 1.807) is 0 Å². The maximum Gasteiger partial charge on any atom is 0.473 e. The number of fused-ring (bicyclic) bond motifs is 1. The van der Waals surface area contributed by atoms with Crippen molar-refractivity contribution in [1.29, 1.82) is 0 Å². The number of nitrogens with one attached hydrogen (secondary N) is 1. The SMILES string of the molecule is C[C@]12OP(=O)(O)O[C@H]1[C@H](n1ccc(=O)[nH]c1=O)O[C@@H]2CO. The molecule has 1 unspecified atom stereocenters. The molecule has 0 aliphatic carbocycles. The zero-order valence-electron chi connectivity index (χ0n) is 10.8. The zero-order valence-corrected chi connectivity index (χ0v) is 11.7. The Morgan fingerprint density at radius 3 is 2.86 bits per heavy atom. The van der Waals surface area contributed by atoms with Crippen LogP contribution in [-0.2, 0) is 18.3 Å². The summed E-state index contributed by atoms with van der Waals surface area (Å²) in [5, 5.41) is 9.35. The van der Waals surface area contributed by atoms with Gasteiger partial charge in [-0.25, -0.2) is 9.36 Å². The van der Waals surface area contributed by atoms with Crippen molar-refractivity contribution >= 4 is 7.82 Å². The fraction of sp³-hybridized carbons (Fsp3) is 0.600. The van der Waals surface area contributed by atoms with Crippen LogP contribution in [0.3, 0.4) is 0 Å². The largest absolute Gasteiger partial charge is 0.473 e. The number of aromatic nitrogens is 2.